The summed E-state index contributed by atoms with van der Waals surface area (Å²) < 4.78 is 10.6. The molecule has 6 aromatic rings. The van der Waals surface area contributed by atoms with Crippen molar-refractivity contribution in [2.24, 2.45) is 17.6 Å². The van der Waals surface area contributed by atoms with E-state index in [0.717, 1.165) is 32.4 Å². The molecule has 0 aliphatic rings. The molecule has 0 spiro atoms. The molecule has 0 amide bonds. The SMILES string of the molecule is CCCCCCCCC(CCCCCCCC)n1c2cc(C)ccc2c2ccc(-c3ccc4c5ccc(C)cc5n(CCCCCCCCN/C=C(\N)COC(=O)C(C)C(C)C(=O)O)c4c3)cc21.N. The minimum Gasteiger partial charge on any atom is -0.481 e. The molecule has 9 nitrogen and oxygen atoms in total. The molecular formula is C60H87N5O4. The number of carbonyl (C=O) groups excluding carboxylic acids is 1. The topological polar surface area (TPSA) is 147 Å². The van der Waals surface area contributed by atoms with Crippen LogP contribution in [0.5, 0.6) is 0 Å². The predicted molar refractivity (Wildman–Crippen MR) is 292 cm³/mol. The minimum atomic E-state index is -1.02. The molecule has 0 saturated heterocycles. The van der Waals surface area contributed by atoms with Gasteiger partial charge in [0.05, 0.1) is 17.5 Å². The van der Waals surface area contributed by atoms with Crippen molar-refractivity contribution in [3.05, 3.63) is 95.8 Å². The first kappa shape index (κ1) is 54.7. The first-order valence-corrected chi connectivity index (χ1v) is 26.7. The van der Waals surface area contributed by atoms with Crippen LogP contribution in [0.25, 0.3) is 54.7 Å². The predicted octanol–water partition coefficient (Wildman–Crippen LogP) is 16.0. The second kappa shape index (κ2) is 27.8. The zero-order valence-electron chi connectivity index (χ0n) is 43.4. The molecule has 2 aromatic heterocycles. The summed E-state index contributed by atoms with van der Waals surface area (Å²) in [7, 11) is 0. The summed E-state index contributed by atoms with van der Waals surface area (Å²) in [4.78, 5) is 23.4. The van der Waals surface area contributed by atoms with Crippen molar-refractivity contribution in [3.63, 3.8) is 0 Å². The summed E-state index contributed by atoms with van der Waals surface area (Å²) in [5.41, 5.74) is 17.0. The minimum absolute atomic E-state index is 0. The zero-order valence-corrected chi connectivity index (χ0v) is 43.4. The normalized spacial score (nSPS) is 12.9. The molecular weight excluding hydrogens is 855 g/mol. The summed E-state index contributed by atoms with van der Waals surface area (Å²) in [5.74, 6) is -3.13. The van der Waals surface area contributed by atoms with E-state index < -0.39 is 23.8 Å². The van der Waals surface area contributed by atoms with Gasteiger partial charge in [0.15, 0.2) is 0 Å². The van der Waals surface area contributed by atoms with E-state index in [1.807, 2.05) is 0 Å². The number of esters is 1. The Bertz CT molecular complexity index is 2570. The molecule has 0 aliphatic carbocycles. The largest absolute Gasteiger partial charge is 0.481 e. The lowest BCUT2D eigenvalue weighted by molar-refractivity contribution is -0.155. The molecule has 0 fully saturated rings. The molecule has 4 aromatic carbocycles. The van der Waals surface area contributed by atoms with Crippen LogP contribution in [0.4, 0.5) is 0 Å². The highest BCUT2D eigenvalue weighted by Gasteiger charge is 2.27. The molecule has 376 valence electrons. The summed E-state index contributed by atoms with van der Waals surface area (Å²) in [6, 6.07) is 29.0. The smallest absolute Gasteiger partial charge is 0.309 e. The number of carboxylic acid groups (broad SMARTS) is 1. The van der Waals surface area contributed by atoms with E-state index in [4.69, 9.17) is 15.6 Å². The van der Waals surface area contributed by atoms with Crippen molar-refractivity contribution in [2.75, 3.05) is 13.2 Å². The maximum atomic E-state index is 12.2. The Morgan fingerprint density at radius 3 is 1.62 bits per heavy atom. The number of unbranched alkanes of at least 4 members (excludes halogenated alkanes) is 15. The Morgan fingerprint density at radius 1 is 0.609 bits per heavy atom. The number of nitrogens with zero attached hydrogens (tertiary/aromatic N) is 2. The number of rotatable bonds is 31. The van der Waals surface area contributed by atoms with E-state index in [9.17, 15) is 9.59 Å². The first-order chi connectivity index (χ1) is 33.0. The van der Waals surface area contributed by atoms with Gasteiger partial charge in [-0.3, -0.25) is 9.59 Å². The number of nitrogens with two attached hydrogens (primary N) is 1. The molecule has 9 heteroatoms. The highest BCUT2D eigenvalue weighted by molar-refractivity contribution is 6.11. The number of hydrogen-bond donors (Lipinski definition) is 4. The van der Waals surface area contributed by atoms with E-state index in [1.54, 1.807) is 13.1 Å². The van der Waals surface area contributed by atoms with Crippen LogP contribution in [0.15, 0.2) is 84.7 Å². The molecule has 7 N–H and O–H groups in total. The van der Waals surface area contributed by atoms with Crippen LogP contribution in [0.3, 0.4) is 0 Å². The lowest BCUT2D eigenvalue weighted by Gasteiger charge is -2.22. The van der Waals surface area contributed by atoms with Crippen LogP contribution in [0, 0.1) is 25.7 Å². The number of hydrogen-bond acceptors (Lipinski definition) is 6. The van der Waals surface area contributed by atoms with Gasteiger partial charge in [-0.1, -0.05) is 179 Å². The van der Waals surface area contributed by atoms with E-state index in [-0.39, 0.29) is 12.8 Å². The van der Waals surface area contributed by atoms with E-state index in [0.29, 0.717) is 11.7 Å². The van der Waals surface area contributed by atoms with Crippen molar-refractivity contribution in [3.8, 4) is 11.1 Å². The van der Waals surface area contributed by atoms with Crippen molar-refractivity contribution in [1.82, 2.24) is 20.6 Å². The lowest BCUT2D eigenvalue weighted by atomic mass is 9.96. The van der Waals surface area contributed by atoms with Gasteiger partial charge in [-0.25, -0.2) is 0 Å². The second-order valence-electron chi connectivity index (χ2n) is 20.1. The Labute approximate surface area is 414 Å². The van der Waals surface area contributed by atoms with Gasteiger partial charge >= 0.3 is 11.9 Å². The number of aliphatic carboxylic acids is 1. The second-order valence-corrected chi connectivity index (χ2v) is 20.1. The molecule has 2 atom stereocenters. The Kier molecular flexibility index (Phi) is 22.0. The molecule has 2 heterocycles. The first-order valence-electron chi connectivity index (χ1n) is 26.7. The fourth-order valence-corrected chi connectivity index (χ4v) is 10.2. The fourth-order valence-electron chi connectivity index (χ4n) is 10.2. The third-order valence-corrected chi connectivity index (χ3v) is 14.6. The van der Waals surface area contributed by atoms with E-state index in [1.165, 1.54) is 182 Å². The monoisotopic (exact) mass is 942 g/mol. The standard InChI is InChI=1S/C60H84N4O4.H3N/c1-7-9-11-13-17-21-25-50(26-22-18-14-12-10-8-2)64-57-38-44(4)28-32-53(57)54-34-30-48(40-58(54)64)47-29-33-52-51-31-27-43(3)37-55(51)63(56(52)39-47)36-24-20-16-15-19-23-35-62-41-49(61)42-68-60(67)46(6)45(5)59(65)66;/h27-34,37-41,45-46,50,62H,7-26,35-36,42,61H2,1-6H3,(H,65,66);1H3/b49-41-;. The molecule has 0 saturated carbocycles. The van der Waals surface area contributed by atoms with Gasteiger partial charge in [0.2, 0.25) is 0 Å². The number of nitrogens with one attached hydrogen (secondary N) is 1. The number of aryl methyl sites for hydroxylation is 3. The van der Waals surface area contributed by atoms with Gasteiger partial charge in [0.1, 0.15) is 6.61 Å². The lowest BCUT2D eigenvalue weighted by Crippen LogP contribution is -2.28. The average Bonchev–Trinajstić information content (AvgIpc) is 3.82. The van der Waals surface area contributed by atoms with Crippen molar-refractivity contribution in [1.29, 1.82) is 0 Å². The van der Waals surface area contributed by atoms with E-state index in [2.05, 4.69) is 115 Å². The maximum Gasteiger partial charge on any atom is 0.309 e. The summed E-state index contributed by atoms with van der Waals surface area (Å²) in [6.07, 6.45) is 27.0. The molecule has 0 bridgehead atoms. The average molecular weight is 942 g/mol. The Hall–Kier alpha value is -5.28. The molecule has 2 unspecified atom stereocenters. The summed E-state index contributed by atoms with van der Waals surface area (Å²) in [6.45, 7) is 13.9. The van der Waals surface area contributed by atoms with Crippen LogP contribution in [-0.2, 0) is 20.9 Å². The molecule has 0 aliphatic heterocycles. The summed E-state index contributed by atoms with van der Waals surface area (Å²) in [5, 5.41) is 17.8. The highest BCUT2D eigenvalue weighted by atomic mass is 16.5. The maximum absolute atomic E-state index is 12.2. The van der Waals surface area contributed by atoms with Gasteiger partial charge in [-0.2, -0.15) is 0 Å². The number of carboxylic acids is 1. The van der Waals surface area contributed by atoms with Gasteiger partial charge in [-0.15, -0.1) is 0 Å². The van der Waals surface area contributed by atoms with Crippen LogP contribution >= 0.6 is 0 Å². The number of aromatic nitrogens is 2. The third-order valence-electron chi connectivity index (χ3n) is 14.6. The molecule has 0 radical (unpaired) electrons. The Morgan fingerprint density at radius 2 is 1.06 bits per heavy atom. The van der Waals surface area contributed by atoms with Crippen molar-refractivity contribution in [2.45, 2.75) is 183 Å². The van der Waals surface area contributed by atoms with Gasteiger partial charge < -0.3 is 36.2 Å². The van der Waals surface area contributed by atoms with Crippen LogP contribution < -0.4 is 17.2 Å². The molecule has 6 rings (SSSR count). The number of ether oxygens (including phenoxy) is 1. The zero-order chi connectivity index (χ0) is 48.4. The number of carbonyl (C=O) groups is 2. The van der Waals surface area contributed by atoms with Crippen molar-refractivity contribution < 1.29 is 19.4 Å². The number of fused-ring (bicyclic) bond motifs is 6. The van der Waals surface area contributed by atoms with E-state index >= 15 is 0 Å². The Balaban J connectivity index is 0.00000888. The van der Waals surface area contributed by atoms with Gasteiger partial charge in [0.25, 0.3) is 0 Å². The number of benzene rings is 4. The van der Waals surface area contributed by atoms with Gasteiger partial charge in [0, 0.05) is 68.9 Å². The van der Waals surface area contributed by atoms with Crippen molar-refractivity contribution >= 4 is 55.6 Å². The molecule has 69 heavy (non-hydrogen) atoms. The van der Waals surface area contributed by atoms with Crippen LogP contribution in [0.2, 0.25) is 0 Å². The summed E-state index contributed by atoms with van der Waals surface area (Å²) >= 11 is 0. The fraction of sp³-hybridized carbons (Fsp3) is 0.533. The third kappa shape index (κ3) is 14.9. The van der Waals surface area contributed by atoms with Gasteiger partial charge in [-0.05, 0) is 86.1 Å². The van der Waals surface area contributed by atoms with Crippen LogP contribution in [-0.4, -0.2) is 39.3 Å². The van der Waals surface area contributed by atoms with Crippen LogP contribution in [0.1, 0.15) is 173 Å². The quantitative estimate of drug-likeness (QED) is 0.0251. The highest BCUT2D eigenvalue weighted by Crippen LogP contribution is 2.40.